The molecule has 3 heterocycles. The number of carbonyl (C=O) groups excluding carboxylic acids is 2. The molecule has 2 saturated heterocycles. The van der Waals surface area contributed by atoms with Crippen molar-refractivity contribution in [1.29, 1.82) is 0 Å². The van der Waals surface area contributed by atoms with Crippen LogP contribution in [0.15, 0.2) is 41.3 Å². The summed E-state index contributed by atoms with van der Waals surface area (Å²) in [6.07, 6.45) is 6.36. The predicted molar refractivity (Wildman–Crippen MR) is 156 cm³/mol. The molecule has 1 aromatic heterocycles. The quantitative estimate of drug-likeness (QED) is 0.535. The number of pyridine rings is 1. The van der Waals surface area contributed by atoms with Gasteiger partial charge in [0.2, 0.25) is 5.91 Å². The largest absolute Gasteiger partial charge is 0.387 e. The molecule has 1 aromatic carbocycles. The van der Waals surface area contributed by atoms with E-state index in [-0.39, 0.29) is 41.0 Å². The van der Waals surface area contributed by atoms with Crippen molar-refractivity contribution in [2.75, 3.05) is 39.3 Å². The van der Waals surface area contributed by atoms with Crippen LogP contribution < -0.4 is 10.9 Å². The maximum absolute atomic E-state index is 14.9. The number of nitrogens with zero attached hydrogens (tertiary/aromatic N) is 3. The topological polar surface area (TPSA) is 94.9 Å². The van der Waals surface area contributed by atoms with Crippen molar-refractivity contribution in [3.63, 3.8) is 0 Å². The number of halogens is 1. The van der Waals surface area contributed by atoms with E-state index >= 15 is 0 Å². The van der Waals surface area contributed by atoms with Crippen LogP contribution in [0.5, 0.6) is 0 Å². The lowest BCUT2D eigenvalue weighted by molar-refractivity contribution is -0.157. The van der Waals surface area contributed by atoms with E-state index in [2.05, 4.69) is 5.32 Å². The fourth-order valence-electron chi connectivity index (χ4n) is 6.57. The monoisotopic (exact) mass is 566 g/mol. The number of aromatic nitrogens is 1. The average Bonchev–Trinajstić information content (AvgIpc) is 2.93. The minimum Gasteiger partial charge on any atom is -0.387 e. The standard InChI is InChI=1S/C32H43FN4O4/c1-22(17-23-7-6-8-23)29(39)36-14-11-32(41,31(2,3)20-36)21-37-19-26(30(40)35-15-12-34-13-16-35)25(18-28(37)38)24-9-4-5-10-27(24)33/h4-5,9-10,18-19,22-23,34,41H,6-8,11-17,20-21H2,1-3H3/t22-,32+/m1/s1. The van der Waals surface area contributed by atoms with Crippen LogP contribution in [0.4, 0.5) is 4.39 Å². The molecule has 222 valence electrons. The van der Waals surface area contributed by atoms with Gasteiger partial charge in [0.15, 0.2) is 0 Å². The molecule has 0 spiro atoms. The van der Waals surface area contributed by atoms with Crippen molar-refractivity contribution in [3.8, 4) is 11.1 Å². The number of piperazine rings is 1. The Bertz CT molecular complexity index is 1350. The van der Waals surface area contributed by atoms with E-state index in [1.807, 2.05) is 25.7 Å². The number of hydrogen-bond donors (Lipinski definition) is 2. The molecule has 9 heteroatoms. The number of carbonyl (C=O) groups is 2. The Labute approximate surface area is 241 Å². The molecule has 41 heavy (non-hydrogen) atoms. The highest BCUT2D eigenvalue weighted by Gasteiger charge is 2.49. The first-order valence-electron chi connectivity index (χ1n) is 15.0. The van der Waals surface area contributed by atoms with E-state index in [0.717, 1.165) is 6.42 Å². The summed E-state index contributed by atoms with van der Waals surface area (Å²) < 4.78 is 16.3. The highest BCUT2D eigenvalue weighted by Crippen LogP contribution is 2.41. The lowest BCUT2D eigenvalue weighted by atomic mass is 9.69. The summed E-state index contributed by atoms with van der Waals surface area (Å²) >= 11 is 0. The first-order chi connectivity index (χ1) is 19.5. The molecule has 2 aliphatic heterocycles. The van der Waals surface area contributed by atoms with Crippen LogP contribution in [-0.4, -0.2) is 76.2 Å². The van der Waals surface area contributed by atoms with Gasteiger partial charge < -0.3 is 24.8 Å². The number of likely N-dealkylation sites (tertiary alicyclic amines) is 1. The molecule has 1 saturated carbocycles. The third kappa shape index (κ3) is 5.97. The van der Waals surface area contributed by atoms with E-state index in [9.17, 15) is 23.9 Å². The number of hydrogen-bond acceptors (Lipinski definition) is 5. The zero-order chi connectivity index (χ0) is 29.4. The van der Waals surface area contributed by atoms with Gasteiger partial charge in [-0.3, -0.25) is 14.4 Å². The van der Waals surface area contributed by atoms with E-state index in [0.29, 0.717) is 51.6 Å². The van der Waals surface area contributed by atoms with Crippen LogP contribution >= 0.6 is 0 Å². The third-order valence-corrected chi connectivity index (χ3v) is 9.64. The second-order valence-electron chi connectivity index (χ2n) is 12.9. The summed E-state index contributed by atoms with van der Waals surface area (Å²) in [6.45, 7) is 8.94. The van der Waals surface area contributed by atoms with Gasteiger partial charge >= 0.3 is 0 Å². The van der Waals surface area contributed by atoms with Gasteiger partial charge in [-0.25, -0.2) is 4.39 Å². The molecule has 2 atom stereocenters. The Morgan fingerprint density at radius 2 is 1.80 bits per heavy atom. The number of piperidine rings is 1. The number of rotatable bonds is 7. The van der Waals surface area contributed by atoms with Gasteiger partial charge in [-0.15, -0.1) is 0 Å². The maximum atomic E-state index is 14.9. The second-order valence-corrected chi connectivity index (χ2v) is 12.9. The van der Waals surface area contributed by atoms with Crippen LogP contribution in [0.3, 0.4) is 0 Å². The van der Waals surface area contributed by atoms with E-state index in [1.54, 1.807) is 23.1 Å². The van der Waals surface area contributed by atoms with Crippen molar-refractivity contribution in [1.82, 2.24) is 19.7 Å². The zero-order valence-electron chi connectivity index (χ0n) is 24.5. The van der Waals surface area contributed by atoms with Gasteiger partial charge in [-0.1, -0.05) is 58.2 Å². The third-order valence-electron chi connectivity index (χ3n) is 9.64. The molecule has 2 N–H and O–H groups in total. The molecular formula is C32H43FN4O4. The number of benzene rings is 1. The van der Waals surface area contributed by atoms with Crippen LogP contribution in [0, 0.1) is 23.1 Å². The molecule has 2 aromatic rings. The van der Waals surface area contributed by atoms with Crippen molar-refractivity contribution < 1.29 is 19.1 Å². The normalized spacial score (nSPS) is 23.6. The maximum Gasteiger partial charge on any atom is 0.256 e. The SMILES string of the molecule is C[C@H](CC1CCC1)C(=O)N1CC[C@](O)(Cn2cc(C(=O)N3CCNCC3)c(-c3ccccc3F)cc2=O)C(C)(C)C1. The minimum atomic E-state index is -1.29. The molecule has 2 amide bonds. The summed E-state index contributed by atoms with van der Waals surface area (Å²) in [5.41, 5.74) is -1.74. The smallest absolute Gasteiger partial charge is 0.256 e. The van der Waals surface area contributed by atoms with Gasteiger partial charge in [0.05, 0.1) is 17.7 Å². The molecule has 3 fully saturated rings. The first-order valence-corrected chi connectivity index (χ1v) is 15.0. The lowest BCUT2D eigenvalue weighted by Crippen LogP contribution is -2.61. The Morgan fingerprint density at radius 3 is 2.44 bits per heavy atom. The van der Waals surface area contributed by atoms with Gasteiger partial charge in [0, 0.05) is 74.0 Å². The van der Waals surface area contributed by atoms with Crippen molar-refractivity contribution >= 4 is 11.8 Å². The first kappa shape index (κ1) is 29.5. The van der Waals surface area contributed by atoms with Gasteiger partial charge in [0.25, 0.3) is 11.5 Å². The van der Waals surface area contributed by atoms with Gasteiger partial charge in [0.1, 0.15) is 5.82 Å². The second kappa shape index (κ2) is 11.7. The molecule has 5 rings (SSSR count). The summed E-state index contributed by atoms with van der Waals surface area (Å²) in [4.78, 5) is 44.0. The van der Waals surface area contributed by atoms with E-state index in [4.69, 9.17) is 0 Å². The molecule has 0 bridgehead atoms. The summed E-state index contributed by atoms with van der Waals surface area (Å²) in [7, 11) is 0. The molecular weight excluding hydrogens is 523 g/mol. The molecule has 0 radical (unpaired) electrons. The van der Waals surface area contributed by atoms with Gasteiger partial charge in [-0.2, -0.15) is 0 Å². The predicted octanol–water partition coefficient (Wildman–Crippen LogP) is 3.52. The highest BCUT2D eigenvalue weighted by molar-refractivity contribution is 6.00. The van der Waals surface area contributed by atoms with Crippen molar-refractivity contribution in [2.24, 2.45) is 17.3 Å². The average molecular weight is 567 g/mol. The Balaban J connectivity index is 1.42. The Morgan fingerprint density at radius 1 is 1.10 bits per heavy atom. The summed E-state index contributed by atoms with van der Waals surface area (Å²) in [5.74, 6) is -0.0642. The Hall–Kier alpha value is -3.04. The molecule has 3 aliphatic rings. The minimum absolute atomic E-state index is 0.0299. The fraction of sp³-hybridized carbons (Fsp3) is 0.594. The van der Waals surface area contributed by atoms with E-state index < -0.39 is 22.4 Å². The van der Waals surface area contributed by atoms with Gasteiger partial charge in [-0.05, 0) is 24.8 Å². The fourth-order valence-corrected chi connectivity index (χ4v) is 6.57. The lowest BCUT2D eigenvalue weighted by Gasteiger charge is -2.51. The summed E-state index contributed by atoms with van der Waals surface area (Å²) in [5, 5.41) is 15.2. The molecule has 0 unspecified atom stereocenters. The zero-order valence-corrected chi connectivity index (χ0v) is 24.5. The van der Waals surface area contributed by atoms with E-state index in [1.165, 1.54) is 42.2 Å². The van der Waals surface area contributed by atoms with Crippen LogP contribution in [0.25, 0.3) is 11.1 Å². The van der Waals surface area contributed by atoms with Crippen LogP contribution in [0.2, 0.25) is 0 Å². The summed E-state index contributed by atoms with van der Waals surface area (Å²) in [6, 6.07) is 7.44. The van der Waals surface area contributed by atoms with Crippen LogP contribution in [0.1, 0.15) is 63.2 Å². The highest BCUT2D eigenvalue weighted by atomic mass is 19.1. The van der Waals surface area contributed by atoms with Crippen molar-refractivity contribution in [2.45, 2.75) is 65.0 Å². The molecule has 1 aliphatic carbocycles. The Kier molecular flexibility index (Phi) is 8.39. The molecule has 8 nitrogen and oxygen atoms in total. The number of nitrogens with one attached hydrogen (secondary N) is 1. The van der Waals surface area contributed by atoms with Crippen LogP contribution in [-0.2, 0) is 11.3 Å². The van der Waals surface area contributed by atoms with Crippen molar-refractivity contribution in [3.05, 3.63) is 58.3 Å². The number of aliphatic hydroxyl groups is 1. The number of amides is 2.